The highest BCUT2D eigenvalue weighted by Crippen LogP contribution is 2.28. The molecule has 0 spiro atoms. The number of amides is 3. The molecule has 2 aromatic rings. The van der Waals surface area contributed by atoms with Gasteiger partial charge in [-0.3, -0.25) is 24.7 Å². The van der Waals surface area contributed by atoms with Crippen molar-refractivity contribution >= 4 is 23.6 Å². The maximum absolute atomic E-state index is 13.2. The second-order valence-electron chi connectivity index (χ2n) is 9.00. The quantitative estimate of drug-likeness (QED) is 0.402. The first-order valence-corrected chi connectivity index (χ1v) is 11.4. The average Bonchev–Trinajstić information content (AvgIpc) is 2.99. The van der Waals surface area contributed by atoms with E-state index in [4.69, 9.17) is 11.1 Å². The summed E-state index contributed by atoms with van der Waals surface area (Å²) in [5, 5.41) is 7.63. The lowest BCUT2D eigenvalue weighted by Gasteiger charge is -2.27. The minimum absolute atomic E-state index is 0.0488. The van der Waals surface area contributed by atoms with Crippen LogP contribution in [0.3, 0.4) is 0 Å². The molecule has 3 rings (SSSR count). The van der Waals surface area contributed by atoms with E-state index in [2.05, 4.69) is 0 Å². The van der Waals surface area contributed by atoms with Gasteiger partial charge < -0.3 is 10.6 Å². The molecule has 0 bridgehead atoms. The van der Waals surface area contributed by atoms with Crippen LogP contribution in [0.5, 0.6) is 0 Å². The summed E-state index contributed by atoms with van der Waals surface area (Å²) in [6.07, 6.45) is 1.67. The molecule has 0 radical (unpaired) electrons. The van der Waals surface area contributed by atoms with E-state index in [-0.39, 0.29) is 43.1 Å². The number of benzene rings is 2. The van der Waals surface area contributed by atoms with E-state index in [1.807, 2.05) is 50.2 Å². The van der Waals surface area contributed by atoms with Gasteiger partial charge in [-0.25, -0.2) is 0 Å². The van der Waals surface area contributed by atoms with Crippen molar-refractivity contribution in [3.8, 4) is 0 Å². The van der Waals surface area contributed by atoms with Gasteiger partial charge in [0.25, 0.3) is 0 Å². The van der Waals surface area contributed by atoms with Crippen LogP contribution >= 0.6 is 0 Å². The van der Waals surface area contributed by atoms with E-state index in [0.29, 0.717) is 18.5 Å². The maximum Gasteiger partial charge on any atom is 0.318 e. The molecular weight excluding hydrogens is 416 g/mol. The van der Waals surface area contributed by atoms with Gasteiger partial charge in [0.1, 0.15) is 5.84 Å². The van der Waals surface area contributed by atoms with Crippen LogP contribution in [0.2, 0.25) is 0 Å². The van der Waals surface area contributed by atoms with Crippen LogP contribution in [0.15, 0.2) is 54.6 Å². The Hall–Kier alpha value is -3.48. The van der Waals surface area contributed by atoms with Crippen LogP contribution in [-0.2, 0) is 20.9 Å². The third-order valence-corrected chi connectivity index (χ3v) is 5.84. The van der Waals surface area contributed by atoms with E-state index < -0.39 is 11.8 Å². The molecule has 7 heteroatoms. The van der Waals surface area contributed by atoms with E-state index in [1.54, 1.807) is 18.2 Å². The van der Waals surface area contributed by atoms with E-state index in [0.717, 1.165) is 22.4 Å². The van der Waals surface area contributed by atoms with Crippen molar-refractivity contribution in [3.63, 3.8) is 0 Å². The van der Waals surface area contributed by atoms with Crippen molar-refractivity contribution in [2.45, 2.75) is 45.6 Å². The highest BCUT2D eigenvalue weighted by atomic mass is 16.2. The summed E-state index contributed by atoms with van der Waals surface area (Å²) in [6.45, 7) is 4.78. The Morgan fingerprint density at radius 2 is 1.88 bits per heavy atom. The lowest BCUT2D eigenvalue weighted by molar-refractivity contribution is -0.157. The number of nitrogens with two attached hydrogens (primary N) is 1. The second kappa shape index (κ2) is 10.9. The molecule has 33 heavy (non-hydrogen) atoms. The summed E-state index contributed by atoms with van der Waals surface area (Å²) in [7, 11) is 0. The molecule has 2 aromatic carbocycles. The van der Waals surface area contributed by atoms with Crippen LogP contribution in [0.1, 0.15) is 55.7 Å². The van der Waals surface area contributed by atoms with Crippen molar-refractivity contribution in [1.82, 2.24) is 9.80 Å². The molecule has 1 aliphatic rings. The molecule has 1 atom stereocenters. The lowest BCUT2D eigenvalue weighted by Crippen LogP contribution is -2.48. The van der Waals surface area contributed by atoms with Gasteiger partial charge in [0.2, 0.25) is 5.91 Å². The normalized spacial score (nSPS) is 16.4. The number of rotatable bonds is 6. The highest BCUT2D eigenvalue weighted by molar-refractivity contribution is 6.37. The second-order valence-corrected chi connectivity index (χ2v) is 9.00. The number of imide groups is 1. The molecule has 0 aliphatic carbocycles. The SMILES string of the molecule is CC(C)CN(Cc1cccc(C(=N)N)c1)C(=O)C(=O)N1CCCC(c2ccccc2)CC1=O. The largest absolute Gasteiger partial charge is 0.384 e. The Morgan fingerprint density at radius 1 is 1.15 bits per heavy atom. The zero-order valence-electron chi connectivity index (χ0n) is 19.3. The molecule has 3 amide bonds. The molecule has 0 aromatic heterocycles. The van der Waals surface area contributed by atoms with Gasteiger partial charge in [-0.05, 0) is 41.9 Å². The number of carbonyl (C=O) groups is 3. The number of nitrogen functional groups attached to an aromatic ring is 1. The maximum atomic E-state index is 13.2. The van der Waals surface area contributed by atoms with Crippen LogP contribution in [0.4, 0.5) is 0 Å². The molecule has 1 saturated heterocycles. The fourth-order valence-corrected chi connectivity index (χ4v) is 4.24. The van der Waals surface area contributed by atoms with Gasteiger partial charge in [0.05, 0.1) is 0 Å². The van der Waals surface area contributed by atoms with E-state index >= 15 is 0 Å². The van der Waals surface area contributed by atoms with Gasteiger partial charge in [-0.2, -0.15) is 0 Å². The minimum Gasteiger partial charge on any atom is -0.384 e. The summed E-state index contributed by atoms with van der Waals surface area (Å²) in [5.74, 6) is -1.62. The number of nitrogens with one attached hydrogen (secondary N) is 1. The topological polar surface area (TPSA) is 108 Å². The smallest absolute Gasteiger partial charge is 0.318 e. The summed E-state index contributed by atoms with van der Waals surface area (Å²) in [6, 6.07) is 16.9. The molecule has 0 saturated carbocycles. The van der Waals surface area contributed by atoms with Gasteiger partial charge >= 0.3 is 11.8 Å². The number of nitrogens with zero attached hydrogens (tertiary/aromatic N) is 2. The van der Waals surface area contributed by atoms with E-state index in [9.17, 15) is 14.4 Å². The van der Waals surface area contributed by atoms with Crippen molar-refractivity contribution in [3.05, 3.63) is 71.3 Å². The number of amidine groups is 1. The van der Waals surface area contributed by atoms with Crippen molar-refractivity contribution in [2.75, 3.05) is 13.1 Å². The van der Waals surface area contributed by atoms with Crippen LogP contribution in [0.25, 0.3) is 0 Å². The zero-order chi connectivity index (χ0) is 24.0. The van der Waals surface area contributed by atoms with Gasteiger partial charge in [-0.1, -0.05) is 62.4 Å². The lowest BCUT2D eigenvalue weighted by atomic mass is 9.92. The minimum atomic E-state index is -0.767. The third kappa shape index (κ3) is 6.28. The summed E-state index contributed by atoms with van der Waals surface area (Å²) in [5.41, 5.74) is 8.00. The predicted molar refractivity (Wildman–Crippen MR) is 127 cm³/mol. The van der Waals surface area contributed by atoms with Gasteiger partial charge in [-0.15, -0.1) is 0 Å². The number of likely N-dealkylation sites (tertiary alicyclic amines) is 1. The molecule has 1 aliphatic heterocycles. The Labute approximate surface area is 195 Å². The predicted octanol–water partition coefficient (Wildman–Crippen LogP) is 3.28. The third-order valence-electron chi connectivity index (χ3n) is 5.84. The summed E-state index contributed by atoms with van der Waals surface area (Å²) in [4.78, 5) is 42.0. The first kappa shape index (κ1) is 24.2. The molecule has 7 nitrogen and oxygen atoms in total. The highest BCUT2D eigenvalue weighted by Gasteiger charge is 2.34. The van der Waals surface area contributed by atoms with Crippen molar-refractivity contribution < 1.29 is 14.4 Å². The number of hydrogen-bond donors (Lipinski definition) is 2. The average molecular weight is 449 g/mol. The number of hydrogen-bond acceptors (Lipinski definition) is 4. The Kier molecular flexibility index (Phi) is 7.98. The molecule has 1 heterocycles. The Balaban J connectivity index is 1.75. The monoisotopic (exact) mass is 448 g/mol. The zero-order valence-corrected chi connectivity index (χ0v) is 19.3. The van der Waals surface area contributed by atoms with Gasteiger partial charge in [0.15, 0.2) is 0 Å². The summed E-state index contributed by atoms with van der Waals surface area (Å²) < 4.78 is 0. The molecule has 3 N–H and O–H groups in total. The van der Waals surface area contributed by atoms with E-state index in [1.165, 1.54) is 4.90 Å². The first-order chi connectivity index (χ1) is 15.8. The fourth-order valence-electron chi connectivity index (χ4n) is 4.24. The fraction of sp³-hybridized carbons (Fsp3) is 0.385. The molecule has 1 fully saturated rings. The van der Waals surface area contributed by atoms with Crippen LogP contribution < -0.4 is 5.73 Å². The van der Waals surface area contributed by atoms with Crippen LogP contribution in [-0.4, -0.2) is 46.4 Å². The molecular formula is C26H32N4O3. The van der Waals surface area contributed by atoms with Gasteiger partial charge in [0, 0.05) is 31.6 Å². The molecule has 174 valence electrons. The molecule has 1 unspecified atom stereocenters. The first-order valence-electron chi connectivity index (χ1n) is 11.4. The number of carbonyl (C=O) groups excluding carboxylic acids is 3. The van der Waals surface area contributed by atoms with Crippen molar-refractivity contribution in [1.29, 1.82) is 5.41 Å². The summed E-state index contributed by atoms with van der Waals surface area (Å²) >= 11 is 0. The Bertz CT molecular complexity index is 1020. The van der Waals surface area contributed by atoms with Crippen molar-refractivity contribution in [2.24, 2.45) is 11.7 Å². The van der Waals surface area contributed by atoms with Crippen LogP contribution in [0, 0.1) is 11.3 Å². The Morgan fingerprint density at radius 3 is 2.55 bits per heavy atom. The standard InChI is InChI=1S/C26H32N4O3/c1-18(2)16-29(17-19-8-6-11-22(14-19)24(27)28)25(32)26(33)30-13-7-12-21(15-23(30)31)20-9-4-3-5-10-20/h3-6,8-11,14,18,21H,7,12-13,15-17H2,1-2H3,(H3,27,28).